The standard InChI is InChI=1S/C23H25N5O4/c1-31-23(30)15-4-2-5-16(12-15)28(25)14-19(24)17-6-3-7-18-20(29)13-21(26-22(17)18)27-8-10-32-11-9-27/h2-7,12-14H,8-11,24-25H2,1H3,(H,26,29)/b19-14-. The highest BCUT2D eigenvalue weighted by Crippen LogP contribution is 2.23. The Hall–Kier alpha value is -3.82. The topological polar surface area (TPSA) is 127 Å². The van der Waals surface area contributed by atoms with Gasteiger partial charge in [0, 0.05) is 36.3 Å². The van der Waals surface area contributed by atoms with Gasteiger partial charge >= 0.3 is 5.97 Å². The number of carbonyl (C=O) groups is 1. The van der Waals surface area contributed by atoms with Crippen LogP contribution in [-0.4, -0.2) is 44.4 Å². The van der Waals surface area contributed by atoms with Crippen molar-refractivity contribution in [1.29, 1.82) is 0 Å². The molecule has 3 aromatic rings. The minimum atomic E-state index is -0.459. The molecule has 0 bridgehead atoms. The van der Waals surface area contributed by atoms with Crippen LogP contribution < -0.4 is 26.9 Å². The fourth-order valence-corrected chi connectivity index (χ4v) is 3.68. The van der Waals surface area contributed by atoms with Crippen molar-refractivity contribution in [1.82, 2.24) is 4.98 Å². The van der Waals surface area contributed by atoms with E-state index >= 15 is 0 Å². The Morgan fingerprint density at radius 3 is 2.69 bits per heavy atom. The number of nitrogens with zero attached hydrogens (tertiary/aromatic N) is 2. The van der Waals surface area contributed by atoms with Gasteiger partial charge in [-0.3, -0.25) is 9.80 Å². The number of hydrogen-bond donors (Lipinski definition) is 3. The van der Waals surface area contributed by atoms with E-state index in [-0.39, 0.29) is 5.43 Å². The van der Waals surface area contributed by atoms with Crippen LogP contribution in [0.15, 0.2) is 59.5 Å². The average Bonchev–Trinajstić information content (AvgIpc) is 2.83. The SMILES string of the molecule is COC(=O)c1cccc(N(N)/C=C(\N)c2cccc3c(=O)cc(N4CCOCC4)[nH]c23)c1. The fourth-order valence-electron chi connectivity index (χ4n) is 3.68. The first-order valence-electron chi connectivity index (χ1n) is 10.2. The van der Waals surface area contributed by atoms with E-state index in [4.69, 9.17) is 21.1 Å². The first-order chi connectivity index (χ1) is 15.5. The zero-order valence-electron chi connectivity index (χ0n) is 17.7. The normalized spacial score (nSPS) is 14.4. The van der Waals surface area contributed by atoms with E-state index in [2.05, 4.69) is 9.88 Å². The molecule has 5 N–H and O–H groups in total. The summed E-state index contributed by atoms with van der Waals surface area (Å²) < 4.78 is 10.2. The first kappa shape index (κ1) is 21.4. The maximum atomic E-state index is 12.8. The Labute approximate surface area is 184 Å². The number of fused-ring (bicyclic) bond motifs is 1. The van der Waals surface area contributed by atoms with Gasteiger partial charge in [0.1, 0.15) is 5.82 Å². The number of hydrogen-bond acceptors (Lipinski definition) is 8. The van der Waals surface area contributed by atoms with E-state index in [0.717, 1.165) is 5.82 Å². The second-order valence-corrected chi connectivity index (χ2v) is 7.38. The van der Waals surface area contributed by atoms with Crippen LogP contribution >= 0.6 is 0 Å². The molecule has 1 fully saturated rings. The quantitative estimate of drug-likeness (QED) is 0.315. The van der Waals surface area contributed by atoms with Gasteiger partial charge in [0.2, 0.25) is 0 Å². The van der Waals surface area contributed by atoms with Gasteiger partial charge < -0.3 is 25.1 Å². The summed E-state index contributed by atoms with van der Waals surface area (Å²) in [6.45, 7) is 2.61. The minimum absolute atomic E-state index is 0.0923. The van der Waals surface area contributed by atoms with Crippen LogP contribution in [-0.2, 0) is 9.47 Å². The largest absolute Gasteiger partial charge is 0.465 e. The molecule has 0 radical (unpaired) electrons. The van der Waals surface area contributed by atoms with Crippen LogP contribution in [0.4, 0.5) is 11.5 Å². The molecule has 166 valence electrons. The minimum Gasteiger partial charge on any atom is -0.465 e. The molecule has 0 amide bonds. The van der Waals surface area contributed by atoms with Crippen molar-refractivity contribution in [2.75, 3.05) is 43.3 Å². The van der Waals surface area contributed by atoms with E-state index in [9.17, 15) is 9.59 Å². The van der Waals surface area contributed by atoms with Crippen molar-refractivity contribution in [3.05, 3.63) is 76.1 Å². The predicted octanol–water partition coefficient (Wildman–Crippen LogP) is 1.79. The number of methoxy groups -OCH3 is 1. The number of hydrazine groups is 1. The summed E-state index contributed by atoms with van der Waals surface area (Å²) in [6.07, 6.45) is 1.55. The van der Waals surface area contributed by atoms with Crippen LogP contribution in [0.5, 0.6) is 0 Å². The Bertz CT molecular complexity index is 1230. The maximum Gasteiger partial charge on any atom is 0.337 e. The molecule has 0 saturated carbocycles. The number of morpholine rings is 1. The summed E-state index contributed by atoms with van der Waals surface area (Å²) in [7, 11) is 1.32. The van der Waals surface area contributed by atoms with Crippen LogP contribution in [0.25, 0.3) is 16.6 Å². The lowest BCUT2D eigenvalue weighted by Crippen LogP contribution is -2.37. The molecule has 1 saturated heterocycles. The summed E-state index contributed by atoms with van der Waals surface area (Å²) in [6, 6.07) is 13.7. The number of aromatic amines is 1. The van der Waals surface area contributed by atoms with Gasteiger partial charge in [-0.25, -0.2) is 10.6 Å². The molecule has 1 aliphatic rings. The fraction of sp³-hybridized carbons (Fsp3) is 0.217. The number of nitrogens with two attached hydrogens (primary N) is 2. The maximum absolute atomic E-state index is 12.8. The smallest absolute Gasteiger partial charge is 0.337 e. The van der Waals surface area contributed by atoms with Gasteiger partial charge in [-0.15, -0.1) is 0 Å². The molecule has 1 aromatic heterocycles. The van der Waals surface area contributed by atoms with E-state index in [1.165, 1.54) is 12.1 Å². The predicted molar refractivity (Wildman–Crippen MR) is 124 cm³/mol. The van der Waals surface area contributed by atoms with Gasteiger partial charge in [0.25, 0.3) is 0 Å². The highest BCUT2D eigenvalue weighted by molar-refractivity contribution is 5.92. The number of nitrogens with one attached hydrogen (secondary N) is 1. The molecule has 0 aliphatic carbocycles. The molecule has 1 aliphatic heterocycles. The lowest BCUT2D eigenvalue weighted by atomic mass is 10.1. The third kappa shape index (κ3) is 4.29. The highest BCUT2D eigenvalue weighted by Gasteiger charge is 2.16. The zero-order chi connectivity index (χ0) is 22.7. The molecule has 4 rings (SSSR count). The molecule has 9 heteroatoms. The second-order valence-electron chi connectivity index (χ2n) is 7.38. The molecule has 2 aromatic carbocycles. The molecular weight excluding hydrogens is 410 g/mol. The number of benzene rings is 2. The number of rotatable bonds is 5. The van der Waals surface area contributed by atoms with Crippen molar-refractivity contribution in [2.45, 2.75) is 0 Å². The highest BCUT2D eigenvalue weighted by atomic mass is 16.5. The molecule has 2 heterocycles. The summed E-state index contributed by atoms with van der Waals surface area (Å²) in [5, 5.41) is 1.86. The Balaban J connectivity index is 1.72. The number of ether oxygens (including phenoxy) is 2. The van der Waals surface area contributed by atoms with Gasteiger partial charge in [-0.2, -0.15) is 0 Å². The monoisotopic (exact) mass is 435 g/mol. The molecule has 9 nitrogen and oxygen atoms in total. The van der Waals surface area contributed by atoms with E-state index in [1.807, 2.05) is 6.07 Å². The van der Waals surface area contributed by atoms with Crippen molar-refractivity contribution in [3.8, 4) is 0 Å². The first-order valence-corrected chi connectivity index (χ1v) is 10.2. The van der Waals surface area contributed by atoms with Crippen molar-refractivity contribution >= 4 is 34.1 Å². The van der Waals surface area contributed by atoms with Crippen LogP contribution in [0.1, 0.15) is 15.9 Å². The summed E-state index contributed by atoms with van der Waals surface area (Å²) >= 11 is 0. The zero-order valence-corrected chi connectivity index (χ0v) is 17.7. The van der Waals surface area contributed by atoms with E-state index in [0.29, 0.717) is 59.7 Å². The lowest BCUT2D eigenvalue weighted by molar-refractivity contribution is 0.0601. The van der Waals surface area contributed by atoms with Crippen LogP contribution in [0.3, 0.4) is 0 Å². The van der Waals surface area contributed by atoms with Gasteiger partial charge in [0.05, 0.1) is 42.8 Å². The van der Waals surface area contributed by atoms with E-state index in [1.54, 1.807) is 48.7 Å². The molecule has 0 unspecified atom stereocenters. The van der Waals surface area contributed by atoms with E-state index < -0.39 is 5.97 Å². The lowest BCUT2D eigenvalue weighted by Gasteiger charge is -2.28. The third-order valence-corrected chi connectivity index (χ3v) is 5.36. The van der Waals surface area contributed by atoms with Crippen molar-refractivity contribution in [2.24, 2.45) is 11.6 Å². The van der Waals surface area contributed by atoms with Crippen molar-refractivity contribution < 1.29 is 14.3 Å². The van der Waals surface area contributed by atoms with Crippen LogP contribution in [0, 0.1) is 0 Å². The molecule has 0 spiro atoms. The van der Waals surface area contributed by atoms with Gasteiger partial charge in [0.15, 0.2) is 5.43 Å². The van der Waals surface area contributed by atoms with Gasteiger partial charge in [-0.1, -0.05) is 18.2 Å². The molecule has 32 heavy (non-hydrogen) atoms. The summed E-state index contributed by atoms with van der Waals surface area (Å²) in [5.41, 5.74) is 8.86. The average molecular weight is 435 g/mol. The van der Waals surface area contributed by atoms with Crippen LogP contribution in [0.2, 0.25) is 0 Å². The Kier molecular flexibility index (Phi) is 6.11. The third-order valence-electron chi connectivity index (χ3n) is 5.36. The second kappa shape index (κ2) is 9.13. The molecular formula is C23H25N5O4. The number of para-hydroxylation sites is 1. The number of aromatic nitrogens is 1. The summed E-state index contributed by atoms with van der Waals surface area (Å²) in [5.74, 6) is 6.46. The van der Waals surface area contributed by atoms with Crippen molar-refractivity contribution in [3.63, 3.8) is 0 Å². The Morgan fingerprint density at radius 1 is 1.19 bits per heavy atom. The number of carbonyl (C=O) groups excluding carboxylic acids is 1. The number of esters is 1. The Morgan fingerprint density at radius 2 is 1.94 bits per heavy atom. The molecule has 0 atom stereocenters. The van der Waals surface area contributed by atoms with Gasteiger partial charge in [-0.05, 0) is 24.3 Å². The number of anilines is 2. The number of pyridine rings is 1. The number of H-pyrrole nitrogens is 1. The summed E-state index contributed by atoms with van der Waals surface area (Å²) in [4.78, 5) is 30.0.